The second-order valence-corrected chi connectivity index (χ2v) is 7.21. The van der Waals surface area contributed by atoms with Crippen molar-refractivity contribution in [2.75, 3.05) is 0 Å². The highest BCUT2D eigenvalue weighted by Crippen LogP contribution is 2.28. The van der Waals surface area contributed by atoms with Crippen LogP contribution in [0.2, 0.25) is 0 Å². The van der Waals surface area contributed by atoms with Gasteiger partial charge in [-0.15, -0.1) is 0 Å². The molecule has 20 heavy (non-hydrogen) atoms. The number of aryl methyl sites for hydroxylation is 2. The maximum Gasteiger partial charge on any atom is 0.0831 e. The molecule has 0 heterocycles. The molecule has 0 fully saturated rings. The molecule has 1 unspecified atom stereocenters. The molecule has 1 N–H and O–H groups in total. The van der Waals surface area contributed by atoms with Crippen LogP contribution >= 0.6 is 31.9 Å². The van der Waals surface area contributed by atoms with Crippen LogP contribution in [0.1, 0.15) is 34.8 Å². The van der Waals surface area contributed by atoms with Gasteiger partial charge in [0.25, 0.3) is 0 Å². The fourth-order valence-electron chi connectivity index (χ4n) is 2.86. The molecule has 1 atom stereocenters. The van der Waals surface area contributed by atoms with E-state index in [4.69, 9.17) is 0 Å². The van der Waals surface area contributed by atoms with Crippen LogP contribution < -0.4 is 0 Å². The lowest BCUT2D eigenvalue weighted by atomic mass is 9.98. The van der Waals surface area contributed by atoms with E-state index in [0.29, 0.717) is 6.42 Å². The summed E-state index contributed by atoms with van der Waals surface area (Å²) < 4.78 is 1.96. The Kier molecular flexibility index (Phi) is 4.29. The maximum atomic E-state index is 10.4. The van der Waals surface area contributed by atoms with Gasteiger partial charge in [-0.3, -0.25) is 0 Å². The molecular formula is C17H16Br2O. The molecule has 0 saturated carbocycles. The maximum absolute atomic E-state index is 10.4. The van der Waals surface area contributed by atoms with E-state index in [1.165, 1.54) is 36.0 Å². The van der Waals surface area contributed by atoms with Crippen LogP contribution in [0.25, 0.3) is 0 Å². The zero-order valence-corrected chi connectivity index (χ0v) is 14.2. The van der Waals surface area contributed by atoms with Crippen LogP contribution in [0.4, 0.5) is 0 Å². The summed E-state index contributed by atoms with van der Waals surface area (Å²) in [4.78, 5) is 0. The lowest BCUT2D eigenvalue weighted by Gasteiger charge is -2.13. The van der Waals surface area contributed by atoms with Gasteiger partial charge in [0.1, 0.15) is 0 Å². The predicted molar refractivity (Wildman–Crippen MR) is 89.0 cm³/mol. The quantitative estimate of drug-likeness (QED) is 0.777. The second-order valence-electron chi connectivity index (χ2n) is 5.38. The van der Waals surface area contributed by atoms with Crippen LogP contribution in [-0.2, 0) is 19.3 Å². The molecular weight excluding hydrogens is 380 g/mol. The van der Waals surface area contributed by atoms with Gasteiger partial charge in [0, 0.05) is 15.4 Å². The van der Waals surface area contributed by atoms with Gasteiger partial charge >= 0.3 is 0 Å². The number of aliphatic hydroxyl groups is 1. The van der Waals surface area contributed by atoms with Crippen molar-refractivity contribution in [1.29, 1.82) is 0 Å². The van der Waals surface area contributed by atoms with Crippen molar-refractivity contribution in [1.82, 2.24) is 0 Å². The topological polar surface area (TPSA) is 20.2 Å². The monoisotopic (exact) mass is 394 g/mol. The van der Waals surface area contributed by atoms with Crippen molar-refractivity contribution < 1.29 is 5.11 Å². The zero-order valence-electron chi connectivity index (χ0n) is 11.1. The molecule has 0 bridgehead atoms. The highest BCUT2D eigenvalue weighted by molar-refractivity contribution is 9.11. The van der Waals surface area contributed by atoms with Gasteiger partial charge in [-0.25, -0.2) is 0 Å². The first-order valence-corrected chi connectivity index (χ1v) is 8.45. The van der Waals surface area contributed by atoms with E-state index in [1.807, 2.05) is 18.2 Å². The van der Waals surface area contributed by atoms with Crippen LogP contribution in [0.5, 0.6) is 0 Å². The molecule has 1 nitrogen and oxygen atoms in total. The summed E-state index contributed by atoms with van der Waals surface area (Å²) in [6.45, 7) is 0. The molecule has 0 spiro atoms. The minimum Gasteiger partial charge on any atom is -0.388 e. The molecule has 1 aliphatic rings. The Morgan fingerprint density at radius 1 is 0.950 bits per heavy atom. The average molecular weight is 396 g/mol. The minimum atomic E-state index is -0.469. The summed E-state index contributed by atoms with van der Waals surface area (Å²) in [5.74, 6) is 0. The van der Waals surface area contributed by atoms with Crippen molar-refractivity contribution in [2.24, 2.45) is 0 Å². The van der Waals surface area contributed by atoms with Crippen molar-refractivity contribution in [3.05, 3.63) is 67.6 Å². The minimum absolute atomic E-state index is 0.469. The van der Waals surface area contributed by atoms with Crippen LogP contribution in [-0.4, -0.2) is 5.11 Å². The summed E-state index contributed by atoms with van der Waals surface area (Å²) >= 11 is 6.93. The van der Waals surface area contributed by atoms with E-state index in [-0.39, 0.29) is 0 Å². The van der Waals surface area contributed by atoms with Crippen molar-refractivity contribution in [3.8, 4) is 0 Å². The Balaban J connectivity index is 1.80. The van der Waals surface area contributed by atoms with E-state index in [2.05, 4.69) is 50.1 Å². The van der Waals surface area contributed by atoms with Crippen LogP contribution in [0.15, 0.2) is 45.3 Å². The van der Waals surface area contributed by atoms with Gasteiger partial charge in [0.15, 0.2) is 0 Å². The van der Waals surface area contributed by atoms with E-state index < -0.39 is 6.10 Å². The SMILES string of the molecule is OC(Cc1ccc2c(c1)CCC2)c1cc(Br)cc(Br)c1. The summed E-state index contributed by atoms with van der Waals surface area (Å²) in [5, 5.41) is 10.4. The molecule has 104 valence electrons. The normalized spacial score (nSPS) is 15.2. The fourth-order valence-corrected chi connectivity index (χ4v) is 4.19. The highest BCUT2D eigenvalue weighted by atomic mass is 79.9. The Bertz CT molecular complexity index is 617. The number of hydrogen-bond donors (Lipinski definition) is 1. The molecule has 2 aromatic carbocycles. The lowest BCUT2D eigenvalue weighted by Crippen LogP contribution is -2.02. The third-order valence-electron chi connectivity index (χ3n) is 3.86. The molecule has 0 saturated heterocycles. The van der Waals surface area contributed by atoms with Crippen molar-refractivity contribution in [3.63, 3.8) is 0 Å². The number of aliphatic hydroxyl groups excluding tert-OH is 1. The Morgan fingerprint density at radius 3 is 2.40 bits per heavy atom. The Labute approximate surface area is 136 Å². The first-order chi connectivity index (χ1) is 9.61. The standard InChI is InChI=1S/C17H16Br2O/c18-15-8-14(9-16(19)10-15)17(20)7-11-4-5-12-2-1-3-13(12)6-11/h4-6,8-10,17,20H,1-3,7H2. The fraction of sp³-hybridized carbons (Fsp3) is 0.294. The third kappa shape index (κ3) is 3.16. The van der Waals surface area contributed by atoms with Gasteiger partial charge in [0.05, 0.1) is 6.10 Å². The first-order valence-electron chi connectivity index (χ1n) is 6.86. The zero-order chi connectivity index (χ0) is 14.1. The van der Waals surface area contributed by atoms with Gasteiger partial charge in [-0.05, 0) is 59.7 Å². The largest absolute Gasteiger partial charge is 0.388 e. The summed E-state index contributed by atoms with van der Waals surface area (Å²) in [6.07, 6.45) is 3.84. The third-order valence-corrected chi connectivity index (χ3v) is 4.78. The Hall–Kier alpha value is -0.640. The molecule has 0 radical (unpaired) electrons. The van der Waals surface area contributed by atoms with E-state index >= 15 is 0 Å². The van der Waals surface area contributed by atoms with Crippen LogP contribution in [0, 0.1) is 0 Å². The molecule has 1 aliphatic carbocycles. The number of fused-ring (bicyclic) bond motifs is 1. The van der Waals surface area contributed by atoms with Crippen LogP contribution in [0.3, 0.4) is 0 Å². The van der Waals surface area contributed by atoms with Gasteiger partial charge in [0.2, 0.25) is 0 Å². The van der Waals surface area contributed by atoms with Gasteiger partial charge in [-0.1, -0.05) is 50.1 Å². The smallest absolute Gasteiger partial charge is 0.0831 e. The van der Waals surface area contributed by atoms with Crippen molar-refractivity contribution >= 4 is 31.9 Å². The number of hydrogen-bond acceptors (Lipinski definition) is 1. The summed E-state index contributed by atoms with van der Waals surface area (Å²) in [7, 11) is 0. The van der Waals surface area contributed by atoms with E-state index in [0.717, 1.165) is 14.5 Å². The van der Waals surface area contributed by atoms with Gasteiger partial charge < -0.3 is 5.11 Å². The Morgan fingerprint density at radius 2 is 1.65 bits per heavy atom. The molecule has 0 aromatic heterocycles. The van der Waals surface area contributed by atoms with Crippen molar-refractivity contribution in [2.45, 2.75) is 31.8 Å². The number of benzene rings is 2. The molecule has 0 amide bonds. The van der Waals surface area contributed by atoms with E-state index in [9.17, 15) is 5.11 Å². The highest BCUT2D eigenvalue weighted by Gasteiger charge is 2.14. The average Bonchev–Trinajstić information content (AvgIpc) is 2.85. The number of rotatable bonds is 3. The molecule has 3 rings (SSSR count). The second kappa shape index (κ2) is 6.00. The number of halogens is 2. The molecule has 2 aromatic rings. The first kappa shape index (κ1) is 14.3. The molecule has 3 heteroatoms. The van der Waals surface area contributed by atoms with Gasteiger partial charge in [-0.2, -0.15) is 0 Å². The van der Waals surface area contributed by atoms with E-state index in [1.54, 1.807) is 0 Å². The lowest BCUT2D eigenvalue weighted by molar-refractivity contribution is 0.178. The predicted octanol–water partition coefficient (Wildman–Crippen LogP) is 4.98. The molecule has 0 aliphatic heterocycles. The summed E-state index contributed by atoms with van der Waals surface area (Å²) in [5.41, 5.74) is 5.10. The summed E-state index contributed by atoms with van der Waals surface area (Å²) in [6, 6.07) is 12.6.